The molecular weight excluding hydrogens is 418 g/mol. The molecule has 4 nitrogen and oxygen atoms in total. The van der Waals surface area contributed by atoms with E-state index in [1.807, 2.05) is 11.0 Å². The Bertz CT molecular complexity index is 1290. The Labute approximate surface area is 201 Å². The fourth-order valence-electron chi connectivity index (χ4n) is 4.74. The van der Waals surface area contributed by atoms with Crippen molar-refractivity contribution in [3.05, 3.63) is 125 Å². The van der Waals surface area contributed by atoms with Gasteiger partial charge in [0.15, 0.2) is 0 Å². The zero-order valence-electron chi connectivity index (χ0n) is 20.0. The Morgan fingerprint density at radius 1 is 0.941 bits per heavy atom. The van der Waals surface area contributed by atoms with E-state index in [-0.39, 0.29) is 12.1 Å². The third-order valence-electron chi connectivity index (χ3n) is 6.71. The highest BCUT2D eigenvalue weighted by Crippen LogP contribution is 2.37. The van der Waals surface area contributed by atoms with E-state index in [0.29, 0.717) is 19.0 Å². The molecular formula is C30H31N3O. The summed E-state index contributed by atoms with van der Waals surface area (Å²) in [4.78, 5) is 15.7. The van der Waals surface area contributed by atoms with Gasteiger partial charge in [-0.15, -0.1) is 0 Å². The summed E-state index contributed by atoms with van der Waals surface area (Å²) in [5.74, 6) is 0.463. The molecule has 1 aromatic heterocycles. The lowest BCUT2D eigenvalue weighted by atomic mass is 9.97. The van der Waals surface area contributed by atoms with Crippen LogP contribution in [0.3, 0.4) is 0 Å². The predicted octanol–water partition coefficient (Wildman–Crippen LogP) is 6.72. The summed E-state index contributed by atoms with van der Waals surface area (Å²) in [6, 6.07) is 29.3. The van der Waals surface area contributed by atoms with Crippen LogP contribution in [0.15, 0.2) is 91.1 Å². The first-order valence-corrected chi connectivity index (χ1v) is 12.0. The minimum Gasteiger partial charge on any atom is -0.334 e. The van der Waals surface area contributed by atoms with Crippen molar-refractivity contribution in [2.45, 2.75) is 45.8 Å². The average Bonchev–Trinajstić information content (AvgIpc) is 3.28. The van der Waals surface area contributed by atoms with Crippen molar-refractivity contribution in [2.75, 3.05) is 0 Å². The second-order valence-corrected chi connectivity index (χ2v) is 9.43. The van der Waals surface area contributed by atoms with Gasteiger partial charge in [0, 0.05) is 18.4 Å². The number of carbonyl (C=O) groups is 1. The molecule has 0 saturated heterocycles. The molecule has 1 atom stereocenters. The monoisotopic (exact) mass is 449 g/mol. The molecule has 0 spiro atoms. The van der Waals surface area contributed by atoms with Crippen LogP contribution in [0.4, 0.5) is 4.79 Å². The van der Waals surface area contributed by atoms with Gasteiger partial charge >= 0.3 is 6.03 Å². The highest BCUT2D eigenvalue weighted by molar-refractivity contribution is 5.76. The van der Waals surface area contributed by atoms with Crippen molar-refractivity contribution in [2.24, 2.45) is 0 Å². The molecule has 5 rings (SSSR count). The van der Waals surface area contributed by atoms with Crippen LogP contribution < -0.4 is 5.32 Å². The molecule has 0 fully saturated rings. The van der Waals surface area contributed by atoms with Gasteiger partial charge in [-0.3, -0.25) is 0 Å². The van der Waals surface area contributed by atoms with Crippen LogP contribution in [0.25, 0.3) is 5.69 Å². The van der Waals surface area contributed by atoms with Crippen molar-refractivity contribution < 1.29 is 4.79 Å². The van der Waals surface area contributed by atoms with E-state index in [4.69, 9.17) is 0 Å². The van der Waals surface area contributed by atoms with Gasteiger partial charge in [0.25, 0.3) is 0 Å². The number of rotatable bonds is 4. The van der Waals surface area contributed by atoms with Crippen molar-refractivity contribution >= 4 is 6.03 Å². The number of aryl methyl sites for hydroxylation is 1. The second kappa shape index (κ2) is 9.22. The van der Waals surface area contributed by atoms with Crippen LogP contribution in [0.1, 0.15) is 59.3 Å². The SMILES string of the molecule is Cc1ccc(CNC(=O)N2Cc3ccccc3-n3cccc3[C@H]2c2ccc(C(C)C)cc2)cc1. The summed E-state index contributed by atoms with van der Waals surface area (Å²) in [6.45, 7) is 7.51. The summed E-state index contributed by atoms with van der Waals surface area (Å²) in [5, 5.41) is 3.18. The van der Waals surface area contributed by atoms with Gasteiger partial charge in [-0.2, -0.15) is 0 Å². The van der Waals surface area contributed by atoms with E-state index in [1.54, 1.807) is 0 Å². The second-order valence-electron chi connectivity index (χ2n) is 9.43. The Morgan fingerprint density at radius 3 is 2.41 bits per heavy atom. The highest BCUT2D eigenvalue weighted by atomic mass is 16.2. The molecule has 2 amide bonds. The van der Waals surface area contributed by atoms with Crippen LogP contribution in [-0.4, -0.2) is 15.5 Å². The van der Waals surface area contributed by atoms with Gasteiger partial charge in [-0.05, 0) is 53.3 Å². The van der Waals surface area contributed by atoms with Crippen LogP contribution >= 0.6 is 0 Å². The fraction of sp³-hybridized carbons (Fsp3) is 0.233. The molecule has 3 aromatic carbocycles. The third-order valence-corrected chi connectivity index (χ3v) is 6.71. The zero-order valence-corrected chi connectivity index (χ0v) is 20.0. The number of aromatic nitrogens is 1. The molecule has 172 valence electrons. The smallest absolute Gasteiger partial charge is 0.318 e. The largest absolute Gasteiger partial charge is 0.334 e. The van der Waals surface area contributed by atoms with E-state index in [1.165, 1.54) is 11.1 Å². The van der Waals surface area contributed by atoms with Gasteiger partial charge in [0.05, 0.1) is 18.3 Å². The first kappa shape index (κ1) is 22.0. The van der Waals surface area contributed by atoms with Crippen molar-refractivity contribution in [3.63, 3.8) is 0 Å². The van der Waals surface area contributed by atoms with Crippen molar-refractivity contribution in [1.82, 2.24) is 14.8 Å². The number of benzene rings is 3. The number of carbonyl (C=O) groups excluding carboxylic acids is 1. The fourth-order valence-corrected chi connectivity index (χ4v) is 4.74. The maximum atomic E-state index is 13.7. The number of para-hydroxylation sites is 1. The number of nitrogens with one attached hydrogen (secondary N) is 1. The van der Waals surface area contributed by atoms with Crippen molar-refractivity contribution in [3.8, 4) is 5.69 Å². The summed E-state index contributed by atoms with van der Waals surface area (Å²) < 4.78 is 2.23. The standard InChI is InChI=1S/C30H31N3O/c1-21(2)24-14-16-25(17-15-24)29-28-9-6-18-32(28)27-8-5-4-7-26(27)20-33(29)30(34)31-19-23-12-10-22(3)11-13-23/h4-18,21,29H,19-20H2,1-3H3,(H,31,34)/t29-/m1/s1. The van der Waals surface area contributed by atoms with E-state index in [2.05, 4.69) is 116 Å². The Kier molecular flexibility index (Phi) is 5.97. The van der Waals surface area contributed by atoms with Gasteiger partial charge in [-0.1, -0.05) is 86.1 Å². The van der Waals surface area contributed by atoms with Crippen molar-refractivity contribution in [1.29, 1.82) is 0 Å². The Hall–Kier alpha value is -3.79. The molecule has 4 heteroatoms. The summed E-state index contributed by atoms with van der Waals surface area (Å²) >= 11 is 0. The molecule has 2 heterocycles. The van der Waals surface area contributed by atoms with Crippen LogP contribution in [0.5, 0.6) is 0 Å². The topological polar surface area (TPSA) is 37.3 Å². The summed E-state index contributed by atoms with van der Waals surface area (Å²) in [6.07, 6.45) is 2.09. The quantitative estimate of drug-likeness (QED) is 0.369. The maximum Gasteiger partial charge on any atom is 0.318 e. The number of fused-ring (bicyclic) bond motifs is 3. The number of amides is 2. The highest BCUT2D eigenvalue weighted by Gasteiger charge is 2.32. The lowest BCUT2D eigenvalue weighted by molar-refractivity contribution is 0.180. The molecule has 0 saturated carbocycles. The van der Waals surface area contributed by atoms with Crippen LogP contribution in [0, 0.1) is 6.92 Å². The molecule has 1 N–H and O–H groups in total. The molecule has 4 aromatic rings. The van der Waals surface area contributed by atoms with Crippen LogP contribution in [0.2, 0.25) is 0 Å². The minimum atomic E-state index is -0.193. The van der Waals surface area contributed by atoms with Crippen LogP contribution in [-0.2, 0) is 13.1 Å². The first-order chi connectivity index (χ1) is 16.5. The number of hydrogen-bond donors (Lipinski definition) is 1. The number of hydrogen-bond acceptors (Lipinski definition) is 1. The number of nitrogens with zero attached hydrogens (tertiary/aromatic N) is 2. The third kappa shape index (κ3) is 4.24. The van der Waals surface area contributed by atoms with E-state index < -0.39 is 0 Å². The number of urea groups is 1. The molecule has 0 bridgehead atoms. The van der Waals surface area contributed by atoms with E-state index >= 15 is 0 Å². The lowest BCUT2D eigenvalue weighted by Gasteiger charge is -2.31. The average molecular weight is 450 g/mol. The molecule has 0 aliphatic carbocycles. The molecule has 0 radical (unpaired) electrons. The Morgan fingerprint density at radius 2 is 1.68 bits per heavy atom. The van der Waals surface area contributed by atoms with Gasteiger partial charge < -0.3 is 14.8 Å². The molecule has 1 aliphatic heterocycles. The Balaban J connectivity index is 1.54. The lowest BCUT2D eigenvalue weighted by Crippen LogP contribution is -2.41. The van der Waals surface area contributed by atoms with Gasteiger partial charge in [0.1, 0.15) is 0 Å². The summed E-state index contributed by atoms with van der Waals surface area (Å²) in [5.41, 5.74) is 8.06. The van der Waals surface area contributed by atoms with Gasteiger partial charge in [0.2, 0.25) is 0 Å². The summed E-state index contributed by atoms with van der Waals surface area (Å²) in [7, 11) is 0. The minimum absolute atomic E-state index is 0.0667. The molecule has 1 aliphatic rings. The maximum absolute atomic E-state index is 13.7. The normalized spacial score (nSPS) is 14.9. The predicted molar refractivity (Wildman–Crippen MR) is 137 cm³/mol. The van der Waals surface area contributed by atoms with Gasteiger partial charge in [-0.25, -0.2) is 4.79 Å². The first-order valence-electron chi connectivity index (χ1n) is 12.0. The zero-order chi connectivity index (χ0) is 23.7. The van der Waals surface area contributed by atoms with E-state index in [9.17, 15) is 4.79 Å². The molecule has 0 unspecified atom stereocenters. The molecule has 34 heavy (non-hydrogen) atoms. The van der Waals surface area contributed by atoms with E-state index in [0.717, 1.165) is 28.1 Å².